The van der Waals surface area contributed by atoms with E-state index in [9.17, 15) is 10.1 Å². The van der Waals surface area contributed by atoms with Gasteiger partial charge in [0.2, 0.25) is 0 Å². The third-order valence-electron chi connectivity index (χ3n) is 4.18. The summed E-state index contributed by atoms with van der Waals surface area (Å²) in [6.45, 7) is 1.45. The number of fused-ring (bicyclic) bond motifs is 1. The van der Waals surface area contributed by atoms with Gasteiger partial charge in [0.1, 0.15) is 17.4 Å². The third kappa shape index (κ3) is 2.91. The zero-order valence-corrected chi connectivity index (χ0v) is 13.1. The van der Waals surface area contributed by atoms with E-state index in [1.165, 1.54) is 0 Å². The first-order chi connectivity index (χ1) is 11.2. The van der Waals surface area contributed by atoms with Crippen LogP contribution in [0.5, 0.6) is 5.75 Å². The van der Waals surface area contributed by atoms with E-state index in [-0.39, 0.29) is 11.5 Å². The van der Waals surface area contributed by atoms with E-state index in [2.05, 4.69) is 6.07 Å². The molecule has 0 aromatic heterocycles. The van der Waals surface area contributed by atoms with E-state index < -0.39 is 0 Å². The lowest BCUT2D eigenvalue weighted by atomic mass is 10.0. The van der Waals surface area contributed by atoms with Gasteiger partial charge in [-0.1, -0.05) is 30.3 Å². The van der Waals surface area contributed by atoms with Gasteiger partial charge in [0.25, 0.3) is 5.91 Å². The van der Waals surface area contributed by atoms with Gasteiger partial charge in [-0.2, -0.15) is 5.26 Å². The Kier molecular flexibility index (Phi) is 4.29. The summed E-state index contributed by atoms with van der Waals surface area (Å²) in [5.74, 6) is 0.464. The normalized spacial score (nSPS) is 14.8. The van der Waals surface area contributed by atoms with Crippen LogP contribution < -0.4 is 4.74 Å². The molecule has 3 rings (SSSR count). The molecule has 1 fully saturated rings. The number of rotatable bonds is 3. The number of carbonyl (C=O) groups excluding carboxylic acids is 1. The van der Waals surface area contributed by atoms with Crippen molar-refractivity contribution in [3.05, 3.63) is 47.5 Å². The Bertz CT molecular complexity index is 812. The van der Waals surface area contributed by atoms with Crippen LogP contribution in [0.25, 0.3) is 16.8 Å². The van der Waals surface area contributed by atoms with Gasteiger partial charge in [0.05, 0.1) is 7.11 Å². The number of benzene rings is 2. The second-order valence-corrected chi connectivity index (χ2v) is 5.57. The van der Waals surface area contributed by atoms with Gasteiger partial charge in [0, 0.05) is 18.7 Å². The summed E-state index contributed by atoms with van der Waals surface area (Å²) < 4.78 is 5.43. The maximum atomic E-state index is 12.5. The standard InChI is InChI=1S/C19H18N2O2/c1-23-18-9-8-14-6-2-3-7-16(14)17(18)12-15(13-20)19(22)21-10-4-5-11-21/h2-3,6-9,12H,4-5,10-11H2,1H3/b15-12+. The van der Waals surface area contributed by atoms with E-state index in [0.717, 1.165) is 42.3 Å². The van der Waals surface area contributed by atoms with Crippen molar-refractivity contribution in [3.63, 3.8) is 0 Å². The van der Waals surface area contributed by atoms with Crippen molar-refractivity contribution >= 4 is 22.8 Å². The molecule has 1 amide bonds. The number of likely N-dealkylation sites (tertiary alicyclic amines) is 1. The van der Waals surface area contributed by atoms with Crippen LogP contribution in [0.1, 0.15) is 18.4 Å². The van der Waals surface area contributed by atoms with Gasteiger partial charge in [-0.05, 0) is 35.8 Å². The first kappa shape index (κ1) is 15.1. The zero-order chi connectivity index (χ0) is 16.2. The molecule has 0 atom stereocenters. The topological polar surface area (TPSA) is 53.3 Å². The largest absolute Gasteiger partial charge is 0.496 e. The van der Waals surface area contributed by atoms with Crippen LogP contribution in [0.2, 0.25) is 0 Å². The summed E-state index contributed by atoms with van der Waals surface area (Å²) in [6.07, 6.45) is 3.66. The van der Waals surface area contributed by atoms with Crippen molar-refractivity contribution < 1.29 is 9.53 Å². The molecule has 0 N–H and O–H groups in total. The average Bonchev–Trinajstić information content (AvgIpc) is 3.13. The van der Waals surface area contributed by atoms with Crippen LogP contribution in [0, 0.1) is 11.3 Å². The van der Waals surface area contributed by atoms with E-state index in [1.807, 2.05) is 36.4 Å². The molecule has 0 spiro atoms. The van der Waals surface area contributed by atoms with Crippen molar-refractivity contribution in [2.45, 2.75) is 12.8 Å². The van der Waals surface area contributed by atoms with Gasteiger partial charge >= 0.3 is 0 Å². The predicted molar refractivity (Wildman–Crippen MR) is 89.9 cm³/mol. The molecule has 23 heavy (non-hydrogen) atoms. The Morgan fingerprint density at radius 3 is 2.65 bits per heavy atom. The highest BCUT2D eigenvalue weighted by molar-refractivity contribution is 6.05. The monoisotopic (exact) mass is 306 g/mol. The molecule has 2 aromatic carbocycles. The minimum absolute atomic E-state index is 0.154. The average molecular weight is 306 g/mol. The molecule has 1 aliphatic rings. The highest BCUT2D eigenvalue weighted by Gasteiger charge is 2.22. The molecule has 1 aliphatic heterocycles. The predicted octanol–water partition coefficient (Wildman–Crippen LogP) is 3.38. The lowest BCUT2D eigenvalue weighted by Crippen LogP contribution is -2.28. The Morgan fingerprint density at radius 2 is 1.96 bits per heavy atom. The molecular formula is C19H18N2O2. The number of nitriles is 1. The lowest BCUT2D eigenvalue weighted by molar-refractivity contribution is -0.125. The number of hydrogen-bond acceptors (Lipinski definition) is 3. The van der Waals surface area contributed by atoms with Crippen LogP contribution >= 0.6 is 0 Å². The van der Waals surface area contributed by atoms with Gasteiger partial charge < -0.3 is 9.64 Å². The molecule has 116 valence electrons. The second kappa shape index (κ2) is 6.53. The van der Waals surface area contributed by atoms with Crippen LogP contribution in [0.4, 0.5) is 0 Å². The molecule has 0 aliphatic carbocycles. The van der Waals surface area contributed by atoms with Crippen molar-refractivity contribution in [1.82, 2.24) is 4.90 Å². The van der Waals surface area contributed by atoms with Crippen molar-refractivity contribution in [3.8, 4) is 11.8 Å². The van der Waals surface area contributed by atoms with Gasteiger partial charge in [-0.25, -0.2) is 0 Å². The van der Waals surface area contributed by atoms with E-state index in [4.69, 9.17) is 4.74 Å². The number of nitrogens with zero attached hydrogens (tertiary/aromatic N) is 2. The minimum Gasteiger partial charge on any atom is -0.496 e. The Labute approximate surface area is 135 Å². The number of ether oxygens (including phenoxy) is 1. The van der Waals surface area contributed by atoms with Gasteiger partial charge in [-0.15, -0.1) is 0 Å². The fourth-order valence-electron chi connectivity index (χ4n) is 2.98. The van der Waals surface area contributed by atoms with Crippen LogP contribution in [-0.2, 0) is 4.79 Å². The minimum atomic E-state index is -0.194. The molecule has 1 saturated heterocycles. The Hall–Kier alpha value is -2.80. The fraction of sp³-hybridized carbons (Fsp3) is 0.263. The fourth-order valence-corrected chi connectivity index (χ4v) is 2.98. The molecule has 1 heterocycles. The summed E-state index contributed by atoms with van der Waals surface area (Å²) in [5.41, 5.74) is 0.927. The van der Waals surface area contributed by atoms with Crippen molar-refractivity contribution in [1.29, 1.82) is 5.26 Å². The SMILES string of the molecule is COc1ccc2ccccc2c1/C=C(\C#N)C(=O)N1CCCC1. The zero-order valence-electron chi connectivity index (χ0n) is 13.1. The molecule has 0 bridgehead atoms. The first-order valence-electron chi connectivity index (χ1n) is 7.71. The number of methoxy groups -OCH3 is 1. The Morgan fingerprint density at radius 1 is 1.22 bits per heavy atom. The molecule has 2 aromatic rings. The highest BCUT2D eigenvalue weighted by atomic mass is 16.5. The summed E-state index contributed by atoms with van der Waals surface area (Å²) >= 11 is 0. The van der Waals surface area contributed by atoms with Crippen LogP contribution in [0.15, 0.2) is 42.0 Å². The maximum absolute atomic E-state index is 12.5. The smallest absolute Gasteiger partial charge is 0.264 e. The summed E-state index contributed by atoms with van der Waals surface area (Å²) in [5, 5.41) is 11.5. The number of hydrogen-bond donors (Lipinski definition) is 0. The third-order valence-corrected chi connectivity index (χ3v) is 4.18. The maximum Gasteiger partial charge on any atom is 0.264 e. The molecule has 0 unspecified atom stereocenters. The van der Waals surface area contributed by atoms with E-state index in [1.54, 1.807) is 18.1 Å². The number of carbonyl (C=O) groups is 1. The first-order valence-corrected chi connectivity index (χ1v) is 7.71. The van der Waals surface area contributed by atoms with Crippen LogP contribution in [-0.4, -0.2) is 31.0 Å². The molecule has 4 nitrogen and oxygen atoms in total. The number of amides is 1. The second-order valence-electron chi connectivity index (χ2n) is 5.57. The van der Waals surface area contributed by atoms with Crippen molar-refractivity contribution in [2.24, 2.45) is 0 Å². The summed E-state index contributed by atoms with van der Waals surface area (Å²) in [7, 11) is 1.59. The quantitative estimate of drug-likeness (QED) is 0.645. The van der Waals surface area contributed by atoms with Crippen LogP contribution in [0.3, 0.4) is 0 Å². The van der Waals surface area contributed by atoms with E-state index in [0.29, 0.717) is 5.75 Å². The van der Waals surface area contributed by atoms with Gasteiger partial charge in [-0.3, -0.25) is 4.79 Å². The highest BCUT2D eigenvalue weighted by Crippen LogP contribution is 2.30. The summed E-state index contributed by atoms with van der Waals surface area (Å²) in [4.78, 5) is 14.3. The van der Waals surface area contributed by atoms with Gasteiger partial charge in [0.15, 0.2) is 0 Å². The Balaban J connectivity index is 2.10. The lowest BCUT2D eigenvalue weighted by Gasteiger charge is -2.15. The molecule has 0 saturated carbocycles. The van der Waals surface area contributed by atoms with Crippen molar-refractivity contribution in [2.75, 3.05) is 20.2 Å². The summed E-state index contributed by atoms with van der Waals surface area (Å²) in [6, 6.07) is 13.8. The molecular weight excluding hydrogens is 288 g/mol. The van der Waals surface area contributed by atoms with E-state index >= 15 is 0 Å². The molecule has 0 radical (unpaired) electrons. The molecule has 4 heteroatoms.